The lowest BCUT2D eigenvalue weighted by Gasteiger charge is -2.04. The lowest BCUT2D eigenvalue weighted by Crippen LogP contribution is -1.87. The molecule has 0 heterocycles. The van der Waals surface area contributed by atoms with Crippen molar-refractivity contribution in [3.05, 3.63) is 48.0 Å². The third-order valence-electron chi connectivity index (χ3n) is 3.17. The monoisotopic (exact) mass is 233 g/mol. The summed E-state index contributed by atoms with van der Waals surface area (Å²) >= 11 is 0. The van der Waals surface area contributed by atoms with Crippen molar-refractivity contribution in [2.75, 3.05) is 11.5 Å². The zero-order valence-corrected chi connectivity index (χ0v) is 9.64. The maximum Gasteiger partial charge on any atom is 0.0992 e. The summed E-state index contributed by atoms with van der Waals surface area (Å²) in [5.74, 6) is 0. The van der Waals surface area contributed by atoms with Crippen molar-refractivity contribution in [1.29, 1.82) is 5.26 Å². The zero-order valence-electron chi connectivity index (χ0n) is 9.64. The summed E-state index contributed by atoms with van der Waals surface area (Å²) in [7, 11) is 0. The lowest BCUT2D eigenvalue weighted by atomic mass is 10.0. The molecule has 0 radical (unpaired) electrons. The molecule has 0 atom stereocenters. The molecule has 0 amide bonds. The number of nitrogens with two attached hydrogens (primary N) is 2. The molecule has 18 heavy (non-hydrogen) atoms. The van der Waals surface area contributed by atoms with Gasteiger partial charge in [-0.2, -0.15) is 5.26 Å². The van der Waals surface area contributed by atoms with Gasteiger partial charge < -0.3 is 11.5 Å². The minimum atomic E-state index is 0.599. The first-order chi connectivity index (χ1) is 8.69. The maximum atomic E-state index is 9.15. The van der Waals surface area contributed by atoms with Crippen molar-refractivity contribution < 1.29 is 0 Å². The molecule has 3 aliphatic rings. The van der Waals surface area contributed by atoms with E-state index in [1.165, 1.54) is 0 Å². The molecule has 0 aromatic heterocycles. The molecule has 0 saturated heterocycles. The van der Waals surface area contributed by atoms with Crippen LogP contribution in [0.1, 0.15) is 5.56 Å². The number of rotatable bonds is 0. The number of hydrogen-bond acceptors (Lipinski definition) is 3. The van der Waals surface area contributed by atoms with Gasteiger partial charge in [0.1, 0.15) is 0 Å². The van der Waals surface area contributed by atoms with E-state index in [0.717, 1.165) is 22.3 Å². The number of nitriles is 1. The minimum Gasteiger partial charge on any atom is -0.398 e. The van der Waals surface area contributed by atoms with Crippen molar-refractivity contribution in [1.82, 2.24) is 0 Å². The van der Waals surface area contributed by atoms with Gasteiger partial charge in [0, 0.05) is 22.5 Å². The Bertz CT molecular complexity index is 672. The van der Waals surface area contributed by atoms with Crippen LogP contribution in [-0.4, -0.2) is 0 Å². The molecular weight excluding hydrogens is 222 g/mol. The van der Waals surface area contributed by atoms with Crippen LogP contribution < -0.4 is 11.5 Å². The van der Waals surface area contributed by atoms with E-state index >= 15 is 0 Å². The molecule has 0 fully saturated rings. The van der Waals surface area contributed by atoms with Gasteiger partial charge in [-0.1, -0.05) is 12.1 Å². The van der Waals surface area contributed by atoms with Crippen molar-refractivity contribution in [3.63, 3.8) is 0 Å². The third-order valence-corrected chi connectivity index (χ3v) is 3.17. The summed E-state index contributed by atoms with van der Waals surface area (Å²) in [6.07, 6.45) is 0. The molecule has 86 valence electrons. The molecule has 0 saturated carbocycles. The molecule has 3 aliphatic carbocycles. The van der Waals surface area contributed by atoms with Crippen LogP contribution in [0.25, 0.3) is 22.3 Å². The van der Waals surface area contributed by atoms with Crippen LogP contribution in [0.3, 0.4) is 0 Å². The molecule has 3 rings (SSSR count). The van der Waals surface area contributed by atoms with Crippen LogP contribution >= 0.6 is 0 Å². The molecule has 0 spiro atoms. The number of nitrogen functional groups attached to an aromatic ring is 2. The van der Waals surface area contributed by atoms with E-state index < -0.39 is 0 Å². The first kappa shape index (κ1) is 10.4. The second kappa shape index (κ2) is 3.64. The van der Waals surface area contributed by atoms with Crippen LogP contribution in [0.4, 0.5) is 11.4 Å². The predicted octanol–water partition coefficient (Wildman–Crippen LogP) is 2.93. The van der Waals surface area contributed by atoms with E-state index in [9.17, 15) is 0 Å². The van der Waals surface area contributed by atoms with E-state index in [-0.39, 0.29) is 0 Å². The summed E-state index contributed by atoms with van der Waals surface area (Å²) in [4.78, 5) is 0. The Balaban J connectivity index is 2.45. The fourth-order valence-electron chi connectivity index (χ4n) is 2.22. The van der Waals surface area contributed by atoms with Crippen LogP contribution in [-0.2, 0) is 0 Å². The van der Waals surface area contributed by atoms with Gasteiger partial charge in [0.25, 0.3) is 0 Å². The van der Waals surface area contributed by atoms with Crippen LogP contribution in [0.5, 0.6) is 0 Å². The maximum absolute atomic E-state index is 9.15. The van der Waals surface area contributed by atoms with E-state index in [0.29, 0.717) is 16.9 Å². The van der Waals surface area contributed by atoms with E-state index in [1.807, 2.05) is 42.5 Å². The van der Waals surface area contributed by atoms with Crippen molar-refractivity contribution in [2.45, 2.75) is 0 Å². The molecule has 0 aromatic carbocycles. The second-order valence-corrected chi connectivity index (χ2v) is 4.32. The molecule has 0 unspecified atom stereocenters. The largest absolute Gasteiger partial charge is 0.398 e. The smallest absolute Gasteiger partial charge is 0.0992 e. The van der Waals surface area contributed by atoms with Crippen molar-refractivity contribution in [3.8, 4) is 28.3 Å². The summed E-state index contributed by atoms with van der Waals surface area (Å²) in [6, 6.07) is 15.4. The average molecular weight is 233 g/mol. The minimum absolute atomic E-state index is 0.599. The normalized spacial score (nSPS) is 10.6. The van der Waals surface area contributed by atoms with E-state index in [4.69, 9.17) is 16.7 Å². The third kappa shape index (κ3) is 1.44. The quantitative estimate of drug-likeness (QED) is 0.626. The van der Waals surface area contributed by atoms with Gasteiger partial charge in [-0.05, 0) is 41.5 Å². The average Bonchev–Trinajstić information content (AvgIpc) is 2.83. The molecule has 0 aromatic rings. The van der Waals surface area contributed by atoms with Gasteiger partial charge in [-0.3, -0.25) is 0 Å². The van der Waals surface area contributed by atoms with Gasteiger partial charge in [0.05, 0.1) is 11.6 Å². The highest BCUT2D eigenvalue weighted by Gasteiger charge is 2.12. The van der Waals surface area contributed by atoms with Gasteiger partial charge >= 0.3 is 0 Å². The first-order valence-corrected chi connectivity index (χ1v) is 5.60. The van der Waals surface area contributed by atoms with Crippen molar-refractivity contribution >= 4 is 11.4 Å². The van der Waals surface area contributed by atoms with Gasteiger partial charge in [-0.25, -0.2) is 0 Å². The van der Waals surface area contributed by atoms with Gasteiger partial charge in [0.15, 0.2) is 0 Å². The Morgan fingerprint density at radius 1 is 0.778 bits per heavy atom. The highest BCUT2D eigenvalue weighted by molar-refractivity contribution is 5.88. The highest BCUT2D eigenvalue weighted by Crippen LogP contribution is 2.37. The molecular formula is C15H11N3. The number of fused-ring (bicyclic) bond motifs is 2. The Morgan fingerprint density at radius 2 is 1.28 bits per heavy atom. The zero-order chi connectivity index (χ0) is 12.7. The molecule has 3 heteroatoms. The number of nitrogens with zero attached hydrogens (tertiary/aromatic N) is 1. The lowest BCUT2D eigenvalue weighted by molar-refractivity contribution is 1.49. The van der Waals surface area contributed by atoms with Gasteiger partial charge in [-0.15, -0.1) is 0 Å². The topological polar surface area (TPSA) is 75.8 Å². The summed E-state index contributed by atoms with van der Waals surface area (Å²) < 4.78 is 0. The van der Waals surface area contributed by atoms with Crippen LogP contribution in [0.2, 0.25) is 0 Å². The number of anilines is 2. The summed E-state index contributed by atoms with van der Waals surface area (Å²) in [6.45, 7) is 0. The SMILES string of the molecule is N#Cc1cc2ccc(N)c-2cc2c(N)ccc-2c1. The van der Waals surface area contributed by atoms with E-state index in [2.05, 4.69) is 6.07 Å². The highest BCUT2D eigenvalue weighted by atomic mass is 14.6. The molecule has 0 bridgehead atoms. The Morgan fingerprint density at radius 3 is 1.72 bits per heavy atom. The van der Waals surface area contributed by atoms with Crippen molar-refractivity contribution in [2.24, 2.45) is 0 Å². The fourth-order valence-corrected chi connectivity index (χ4v) is 2.22. The van der Waals surface area contributed by atoms with Crippen LogP contribution in [0.15, 0.2) is 42.5 Å². The summed E-state index contributed by atoms with van der Waals surface area (Å²) in [5.41, 5.74) is 17.7. The Hall–Kier alpha value is -2.73. The Kier molecular flexibility index (Phi) is 2.11. The Labute approximate surface area is 105 Å². The second-order valence-electron chi connectivity index (χ2n) is 4.32. The number of hydrogen-bond donors (Lipinski definition) is 2. The first-order valence-electron chi connectivity index (χ1n) is 5.60. The molecule has 3 nitrogen and oxygen atoms in total. The fraction of sp³-hybridized carbons (Fsp3) is 0. The van der Waals surface area contributed by atoms with E-state index in [1.54, 1.807) is 0 Å². The van der Waals surface area contributed by atoms with Gasteiger partial charge in [0.2, 0.25) is 0 Å². The van der Waals surface area contributed by atoms with Crippen LogP contribution in [0, 0.1) is 11.3 Å². The predicted molar refractivity (Wildman–Crippen MR) is 73.2 cm³/mol. The summed E-state index contributed by atoms with van der Waals surface area (Å²) in [5, 5.41) is 9.15. The molecule has 0 aliphatic heterocycles. The standard InChI is InChI=1S/C15H11N3/c16-8-9-5-10-1-3-14(17)12(10)7-13-11(6-9)2-4-15(13)18/h1-7H,17-18H2. The molecule has 4 N–H and O–H groups in total.